The fourth-order valence-corrected chi connectivity index (χ4v) is 4.10. The van der Waals surface area contributed by atoms with E-state index >= 15 is 0 Å². The van der Waals surface area contributed by atoms with E-state index in [2.05, 4.69) is 19.2 Å². The first-order chi connectivity index (χ1) is 9.43. The second kappa shape index (κ2) is 6.24. The van der Waals surface area contributed by atoms with Crippen LogP contribution in [0.1, 0.15) is 39.5 Å². The maximum Gasteiger partial charge on any atom is 0.317 e. The van der Waals surface area contributed by atoms with Gasteiger partial charge in [-0.05, 0) is 25.2 Å². The summed E-state index contributed by atoms with van der Waals surface area (Å²) in [6, 6.07) is 0.187. The van der Waals surface area contributed by atoms with E-state index in [-0.39, 0.29) is 23.9 Å². The quantitative estimate of drug-likeness (QED) is 0.835. The zero-order chi connectivity index (χ0) is 14.8. The number of carboxylic acids is 1. The SMILES string of the molecule is CC1SCCN(C(=O)NCC2(CC(=O)O)CCC2)C1C. The van der Waals surface area contributed by atoms with Gasteiger partial charge in [0.05, 0.1) is 6.42 Å². The molecule has 2 fully saturated rings. The van der Waals surface area contributed by atoms with E-state index in [1.54, 1.807) is 0 Å². The Labute approximate surface area is 124 Å². The predicted molar refractivity (Wildman–Crippen MR) is 80.0 cm³/mol. The van der Waals surface area contributed by atoms with Gasteiger partial charge in [0.25, 0.3) is 0 Å². The van der Waals surface area contributed by atoms with Gasteiger partial charge in [-0.3, -0.25) is 4.79 Å². The van der Waals surface area contributed by atoms with Crippen molar-refractivity contribution in [1.82, 2.24) is 10.2 Å². The van der Waals surface area contributed by atoms with Gasteiger partial charge < -0.3 is 15.3 Å². The summed E-state index contributed by atoms with van der Waals surface area (Å²) in [5.74, 6) is 0.203. The van der Waals surface area contributed by atoms with Gasteiger partial charge in [0, 0.05) is 30.1 Å². The van der Waals surface area contributed by atoms with E-state index in [0.717, 1.165) is 31.6 Å². The summed E-state index contributed by atoms with van der Waals surface area (Å²) >= 11 is 1.90. The number of nitrogens with one attached hydrogen (secondary N) is 1. The molecule has 2 amide bonds. The lowest BCUT2D eigenvalue weighted by Crippen LogP contribution is -2.54. The van der Waals surface area contributed by atoms with Gasteiger partial charge in [0.1, 0.15) is 0 Å². The minimum Gasteiger partial charge on any atom is -0.481 e. The van der Waals surface area contributed by atoms with Gasteiger partial charge in [-0.15, -0.1) is 0 Å². The van der Waals surface area contributed by atoms with Crippen LogP contribution in [0.2, 0.25) is 0 Å². The third-order valence-corrected chi connectivity index (χ3v) is 6.04. The zero-order valence-corrected chi connectivity index (χ0v) is 13.0. The van der Waals surface area contributed by atoms with Crippen LogP contribution >= 0.6 is 11.8 Å². The predicted octanol–water partition coefficient (Wildman–Crippen LogP) is 2.17. The van der Waals surface area contributed by atoms with Crippen LogP contribution in [-0.4, -0.2) is 52.1 Å². The lowest BCUT2D eigenvalue weighted by atomic mass is 9.66. The second-order valence-corrected chi connectivity index (χ2v) is 7.58. The molecule has 1 saturated carbocycles. The maximum absolute atomic E-state index is 12.3. The fraction of sp³-hybridized carbons (Fsp3) is 0.857. The Balaban J connectivity index is 1.86. The molecule has 20 heavy (non-hydrogen) atoms. The average molecular weight is 300 g/mol. The molecule has 1 saturated heterocycles. The molecule has 1 heterocycles. The van der Waals surface area contributed by atoms with Gasteiger partial charge >= 0.3 is 12.0 Å². The molecule has 6 heteroatoms. The number of carbonyl (C=O) groups is 2. The first kappa shape index (κ1) is 15.5. The van der Waals surface area contributed by atoms with Crippen molar-refractivity contribution in [3.8, 4) is 0 Å². The second-order valence-electron chi connectivity index (χ2n) is 6.09. The van der Waals surface area contributed by atoms with Crippen molar-refractivity contribution in [1.29, 1.82) is 0 Å². The molecule has 5 nitrogen and oxygen atoms in total. The molecule has 1 aliphatic heterocycles. The van der Waals surface area contributed by atoms with Crippen LogP contribution in [0.3, 0.4) is 0 Å². The highest BCUT2D eigenvalue weighted by Crippen LogP contribution is 2.43. The minimum absolute atomic E-state index is 0.0405. The molecular formula is C14H24N2O3S. The van der Waals surface area contributed by atoms with E-state index < -0.39 is 5.97 Å². The number of hydrogen-bond donors (Lipinski definition) is 2. The summed E-state index contributed by atoms with van der Waals surface area (Å²) in [5, 5.41) is 12.4. The van der Waals surface area contributed by atoms with Gasteiger partial charge in [-0.25, -0.2) is 4.79 Å². The van der Waals surface area contributed by atoms with Crippen molar-refractivity contribution in [2.45, 2.75) is 50.8 Å². The molecule has 2 N–H and O–H groups in total. The number of hydrogen-bond acceptors (Lipinski definition) is 3. The number of rotatable bonds is 4. The number of aliphatic carboxylic acids is 1. The summed E-state index contributed by atoms with van der Waals surface area (Å²) < 4.78 is 0. The highest BCUT2D eigenvalue weighted by Gasteiger charge is 2.40. The number of urea groups is 1. The fourth-order valence-electron chi connectivity index (χ4n) is 3.00. The third-order valence-electron chi connectivity index (χ3n) is 4.70. The molecule has 0 aromatic carbocycles. The lowest BCUT2D eigenvalue weighted by Gasteiger charge is -2.42. The van der Waals surface area contributed by atoms with Crippen molar-refractivity contribution in [3.63, 3.8) is 0 Å². The van der Waals surface area contributed by atoms with Crippen LogP contribution in [0, 0.1) is 5.41 Å². The largest absolute Gasteiger partial charge is 0.481 e. The Morgan fingerprint density at radius 2 is 2.10 bits per heavy atom. The first-order valence-electron chi connectivity index (χ1n) is 7.31. The number of nitrogens with zero attached hydrogens (tertiary/aromatic N) is 1. The Hall–Kier alpha value is -0.910. The van der Waals surface area contributed by atoms with E-state index in [9.17, 15) is 9.59 Å². The topological polar surface area (TPSA) is 69.6 Å². The standard InChI is InChI=1S/C14H24N2O3S/c1-10-11(2)20-7-6-16(10)13(19)15-9-14(4-3-5-14)8-12(17)18/h10-11H,3-9H2,1-2H3,(H,15,19)(H,17,18). The van der Waals surface area contributed by atoms with Crippen molar-refractivity contribution in [3.05, 3.63) is 0 Å². The summed E-state index contributed by atoms with van der Waals surface area (Å²) in [4.78, 5) is 25.1. The van der Waals surface area contributed by atoms with Gasteiger partial charge in [0.2, 0.25) is 0 Å². The van der Waals surface area contributed by atoms with Crippen LogP contribution in [0.15, 0.2) is 0 Å². The van der Waals surface area contributed by atoms with E-state index in [1.165, 1.54) is 0 Å². The lowest BCUT2D eigenvalue weighted by molar-refractivity contribution is -0.141. The monoisotopic (exact) mass is 300 g/mol. The highest BCUT2D eigenvalue weighted by atomic mass is 32.2. The van der Waals surface area contributed by atoms with E-state index in [0.29, 0.717) is 11.8 Å². The molecule has 1 aliphatic carbocycles. The minimum atomic E-state index is -0.768. The van der Waals surface area contributed by atoms with Crippen molar-refractivity contribution in [2.24, 2.45) is 5.41 Å². The van der Waals surface area contributed by atoms with Crippen molar-refractivity contribution >= 4 is 23.8 Å². The molecule has 0 spiro atoms. The average Bonchev–Trinajstić information content (AvgIpc) is 2.35. The van der Waals surface area contributed by atoms with Crippen molar-refractivity contribution in [2.75, 3.05) is 18.8 Å². The Morgan fingerprint density at radius 1 is 1.40 bits per heavy atom. The Kier molecular flexibility index (Phi) is 4.83. The Bertz CT molecular complexity index is 385. The van der Waals surface area contributed by atoms with E-state index in [4.69, 9.17) is 5.11 Å². The van der Waals surface area contributed by atoms with Gasteiger partial charge in [0.15, 0.2) is 0 Å². The van der Waals surface area contributed by atoms with Crippen LogP contribution in [-0.2, 0) is 4.79 Å². The van der Waals surface area contributed by atoms with Gasteiger partial charge in [-0.1, -0.05) is 13.3 Å². The van der Waals surface area contributed by atoms with Crippen LogP contribution in [0.25, 0.3) is 0 Å². The number of amides is 2. The molecule has 0 bridgehead atoms. The zero-order valence-electron chi connectivity index (χ0n) is 12.2. The molecule has 2 unspecified atom stereocenters. The normalized spacial score (nSPS) is 28.6. The summed E-state index contributed by atoms with van der Waals surface area (Å²) in [7, 11) is 0. The van der Waals surface area contributed by atoms with Crippen molar-refractivity contribution < 1.29 is 14.7 Å². The molecule has 2 rings (SSSR count). The third kappa shape index (κ3) is 3.40. The summed E-state index contributed by atoms with van der Waals surface area (Å²) in [6.07, 6.45) is 3.04. The molecule has 2 aliphatic rings. The highest BCUT2D eigenvalue weighted by molar-refractivity contribution is 8.00. The van der Waals surface area contributed by atoms with E-state index in [1.807, 2.05) is 16.7 Å². The van der Waals surface area contributed by atoms with Crippen LogP contribution in [0.4, 0.5) is 4.79 Å². The van der Waals surface area contributed by atoms with Gasteiger partial charge in [-0.2, -0.15) is 11.8 Å². The summed E-state index contributed by atoms with van der Waals surface area (Å²) in [5.41, 5.74) is -0.207. The maximum atomic E-state index is 12.3. The molecular weight excluding hydrogens is 276 g/mol. The summed E-state index contributed by atoms with van der Waals surface area (Å²) in [6.45, 7) is 5.48. The Morgan fingerprint density at radius 3 is 2.65 bits per heavy atom. The number of carboxylic acid groups (broad SMARTS) is 1. The van der Waals surface area contributed by atoms with Crippen LogP contribution < -0.4 is 5.32 Å². The molecule has 114 valence electrons. The first-order valence-corrected chi connectivity index (χ1v) is 8.36. The smallest absolute Gasteiger partial charge is 0.317 e. The number of carbonyl (C=O) groups excluding carboxylic acids is 1. The molecule has 0 aromatic rings. The molecule has 0 radical (unpaired) electrons. The molecule has 0 aromatic heterocycles. The molecule has 2 atom stereocenters. The van der Waals surface area contributed by atoms with Crippen LogP contribution in [0.5, 0.6) is 0 Å². The number of thioether (sulfide) groups is 1.